The molecule has 1 unspecified atom stereocenters. The van der Waals surface area contributed by atoms with Gasteiger partial charge in [-0.1, -0.05) is 31.2 Å². The van der Waals surface area contributed by atoms with E-state index in [4.69, 9.17) is 0 Å². The second-order valence-corrected chi connectivity index (χ2v) is 6.21. The van der Waals surface area contributed by atoms with Gasteiger partial charge < -0.3 is 10.2 Å². The fraction of sp³-hybridized carbons (Fsp3) is 0.611. The summed E-state index contributed by atoms with van der Waals surface area (Å²) in [6.45, 7) is 6.36. The van der Waals surface area contributed by atoms with Crippen LogP contribution < -0.4 is 5.32 Å². The zero-order valence-corrected chi connectivity index (χ0v) is 14.2. The van der Waals surface area contributed by atoms with Crippen molar-refractivity contribution < 1.29 is 4.79 Å². The van der Waals surface area contributed by atoms with Crippen molar-refractivity contribution in [2.45, 2.75) is 52.0 Å². The molecule has 1 aromatic carbocycles. The van der Waals surface area contributed by atoms with Gasteiger partial charge in [0.15, 0.2) is 6.54 Å². The first-order valence-electron chi connectivity index (χ1n) is 8.63. The molecule has 0 saturated carbocycles. The van der Waals surface area contributed by atoms with E-state index in [0.29, 0.717) is 6.04 Å². The highest BCUT2D eigenvalue weighted by atomic mass is 16.3. The normalized spacial score (nSPS) is 16.9. The zero-order valence-electron chi connectivity index (χ0n) is 14.2. The van der Waals surface area contributed by atoms with Crippen molar-refractivity contribution in [3.05, 3.63) is 34.2 Å². The molecule has 5 heteroatoms. The molecule has 0 saturated heterocycles. The maximum absolute atomic E-state index is 11.7. The second-order valence-electron chi connectivity index (χ2n) is 6.21. The quantitative estimate of drug-likeness (QED) is 0.748. The molecule has 0 heterocycles. The van der Waals surface area contributed by atoms with Crippen LogP contribution in [0.15, 0.2) is 23.4 Å². The monoisotopic (exact) mass is 317 g/mol. The van der Waals surface area contributed by atoms with E-state index >= 15 is 0 Å². The number of nitrogens with zero attached hydrogens (tertiary/aromatic N) is 2. The van der Waals surface area contributed by atoms with Crippen LogP contribution in [0, 0.1) is 4.91 Å². The van der Waals surface area contributed by atoms with E-state index in [0.717, 1.165) is 44.5 Å². The average molecular weight is 317 g/mol. The Morgan fingerprint density at radius 1 is 1.30 bits per heavy atom. The Balaban J connectivity index is 2.17. The first kappa shape index (κ1) is 17.6. The van der Waals surface area contributed by atoms with Crippen LogP contribution in [0.1, 0.15) is 44.2 Å². The minimum absolute atomic E-state index is 0.328. The largest absolute Gasteiger partial charge is 0.324 e. The highest BCUT2D eigenvalue weighted by Crippen LogP contribution is 2.30. The van der Waals surface area contributed by atoms with Crippen LogP contribution in [0.3, 0.4) is 0 Å². The third kappa shape index (κ3) is 4.61. The molecule has 1 atom stereocenters. The molecule has 1 amide bonds. The Bertz CT molecular complexity index is 539. The molecule has 1 N–H and O–H groups in total. The summed E-state index contributed by atoms with van der Waals surface area (Å²) < 4.78 is 0. The van der Waals surface area contributed by atoms with E-state index in [2.05, 4.69) is 35.3 Å². The van der Waals surface area contributed by atoms with Crippen LogP contribution in [0.5, 0.6) is 0 Å². The first-order chi connectivity index (χ1) is 11.2. The minimum Gasteiger partial charge on any atom is -0.324 e. The standard InChI is InChI=1S/C18H27N3O2/c1-3-10-21(11-4-2)15-9-8-14-6-5-7-17(16(14)12-15)20-18(22)13-19-23/h5-7,15H,3-4,8-13H2,1-2H3,(H,20,22). The van der Waals surface area contributed by atoms with Crippen LogP contribution in [-0.4, -0.2) is 36.5 Å². The van der Waals surface area contributed by atoms with Crippen LogP contribution in [0.2, 0.25) is 0 Å². The van der Waals surface area contributed by atoms with Gasteiger partial charge in [-0.05, 0) is 62.4 Å². The highest BCUT2D eigenvalue weighted by molar-refractivity contribution is 5.93. The van der Waals surface area contributed by atoms with Gasteiger partial charge in [-0.15, -0.1) is 0 Å². The lowest BCUT2D eigenvalue weighted by Gasteiger charge is -2.35. The van der Waals surface area contributed by atoms with E-state index in [1.807, 2.05) is 12.1 Å². The number of hydrogen-bond acceptors (Lipinski definition) is 4. The molecule has 0 fully saturated rings. The van der Waals surface area contributed by atoms with E-state index in [9.17, 15) is 9.70 Å². The summed E-state index contributed by atoms with van der Waals surface area (Å²) in [5.74, 6) is -0.338. The number of carbonyl (C=O) groups excluding carboxylic acids is 1. The molecule has 126 valence electrons. The van der Waals surface area contributed by atoms with Gasteiger partial charge in [0.1, 0.15) is 0 Å². The summed E-state index contributed by atoms with van der Waals surface area (Å²) in [5.41, 5.74) is 3.38. The predicted molar refractivity (Wildman–Crippen MR) is 93.7 cm³/mol. The van der Waals surface area contributed by atoms with Crippen LogP contribution >= 0.6 is 0 Å². The highest BCUT2D eigenvalue weighted by Gasteiger charge is 2.25. The number of amides is 1. The van der Waals surface area contributed by atoms with E-state index in [-0.39, 0.29) is 12.5 Å². The molecule has 1 aliphatic carbocycles. The SMILES string of the molecule is CCCN(CCC)C1CCc2cccc(NC(=O)CN=O)c2C1. The molecule has 0 spiro atoms. The molecule has 5 nitrogen and oxygen atoms in total. The van der Waals surface area contributed by atoms with E-state index < -0.39 is 0 Å². The van der Waals surface area contributed by atoms with Crippen LogP contribution in [-0.2, 0) is 17.6 Å². The number of nitroso groups, excluding NO2 is 1. The van der Waals surface area contributed by atoms with Gasteiger partial charge in [0.05, 0.1) is 0 Å². The lowest BCUT2D eigenvalue weighted by Crippen LogP contribution is -2.40. The zero-order chi connectivity index (χ0) is 16.7. The number of fused-ring (bicyclic) bond motifs is 1. The Morgan fingerprint density at radius 3 is 2.70 bits per heavy atom. The number of carbonyl (C=O) groups is 1. The fourth-order valence-corrected chi connectivity index (χ4v) is 3.50. The van der Waals surface area contributed by atoms with Crippen molar-refractivity contribution in [1.29, 1.82) is 0 Å². The van der Waals surface area contributed by atoms with Gasteiger partial charge >= 0.3 is 0 Å². The lowest BCUT2D eigenvalue weighted by molar-refractivity contribution is -0.114. The summed E-state index contributed by atoms with van der Waals surface area (Å²) in [6.07, 6.45) is 5.49. The summed E-state index contributed by atoms with van der Waals surface area (Å²) in [5, 5.41) is 5.51. The summed E-state index contributed by atoms with van der Waals surface area (Å²) in [4.78, 5) is 24.5. The Morgan fingerprint density at radius 2 is 2.04 bits per heavy atom. The van der Waals surface area contributed by atoms with Gasteiger partial charge in [0.25, 0.3) is 0 Å². The Hall–Kier alpha value is -1.75. The number of benzene rings is 1. The number of aryl methyl sites for hydroxylation is 1. The molecule has 0 aliphatic heterocycles. The van der Waals surface area contributed by atoms with Crippen molar-refractivity contribution >= 4 is 11.6 Å². The van der Waals surface area contributed by atoms with Gasteiger partial charge in [-0.25, -0.2) is 0 Å². The van der Waals surface area contributed by atoms with Gasteiger partial charge in [-0.2, -0.15) is 4.91 Å². The topological polar surface area (TPSA) is 61.8 Å². The van der Waals surface area contributed by atoms with Crippen LogP contribution in [0.25, 0.3) is 0 Å². The third-order valence-electron chi connectivity index (χ3n) is 4.48. The molecular weight excluding hydrogens is 290 g/mol. The number of anilines is 1. The van der Waals surface area contributed by atoms with Gasteiger partial charge in [0, 0.05) is 11.7 Å². The molecule has 23 heavy (non-hydrogen) atoms. The van der Waals surface area contributed by atoms with Gasteiger partial charge in [-0.3, -0.25) is 4.79 Å². The Labute approximate surface area is 138 Å². The minimum atomic E-state index is -0.338. The summed E-state index contributed by atoms with van der Waals surface area (Å²) in [6, 6.07) is 6.57. The molecule has 1 aliphatic rings. The lowest BCUT2D eigenvalue weighted by atomic mass is 9.86. The maximum Gasteiger partial charge on any atom is 0.249 e. The van der Waals surface area contributed by atoms with Crippen molar-refractivity contribution in [2.75, 3.05) is 25.0 Å². The first-order valence-corrected chi connectivity index (χ1v) is 8.63. The summed E-state index contributed by atoms with van der Waals surface area (Å²) >= 11 is 0. The molecule has 0 aromatic heterocycles. The van der Waals surface area contributed by atoms with Crippen LogP contribution in [0.4, 0.5) is 5.69 Å². The second kappa shape index (κ2) is 8.77. The molecule has 1 aromatic rings. The molecule has 0 radical (unpaired) electrons. The van der Waals surface area contributed by atoms with Crippen molar-refractivity contribution in [1.82, 2.24) is 4.90 Å². The average Bonchev–Trinajstić information content (AvgIpc) is 2.55. The number of rotatable bonds is 8. The van der Waals surface area contributed by atoms with Gasteiger partial charge in [0.2, 0.25) is 5.91 Å². The van der Waals surface area contributed by atoms with Crippen molar-refractivity contribution in [3.8, 4) is 0 Å². The third-order valence-corrected chi connectivity index (χ3v) is 4.48. The Kier molecular flexibility index (Phi) is 6.71. The van der Waals surface area contributed by atoms with Crippen molar-refractivity contribution in [3.63, 3.8) is 0 Å². The predicted octanol–water partition coefficient (Wildman–Crippen LogP) is 3.37. The maximum atomic E-state index is 11.7. The molecule has 2 rings (SSSR count). The fourth-order valence-electron chi connectivity index (χ4n) is 3.50. The smallest absolute Gasteiger partial charge is 0.249 e. The van der Waals surface area contributed by atoms with E-state index in [1.54, 1.807) is 0 Å². The summed E-state index contributed by atoms with van der Waals surface area (Å²) in [7, 11) is 0. The molecule has 0 bridgehead atoms. The number of nitrogens with one attached hydrogen (secondary N) is 1. The van der Waals surface area contributed by atoms with Crippen molar-refractivity contribution in [2.24, 2.45) is 5.18 Å². The van der Waals surface area contributed by atoms with E-state index in [1.165, 1.54) is 17.5 Å². The number of hydrogen-bond donors (Lipinski definition) is 1. The molecular formula is C18H27N3O2.